The van der Waals surface area contributed by atoms with Crippen LogP contribution in [0.15, 0.2) is 47.4 Å². The van der Waals surface area contributed by atoms with E-state index in [1.54, 1.807) is 0 Å². The summed E-state index contributed by atoms with van der Waals surface area (Å²) < 4.78 is 56.9. The lowest BCUT2D eigenvalue weighted by Crippen LogP contribution is -2.47. The predicted molar refractivity (Wildman–Crippen MR) is 158 cm³/mol. The van der Waals surface area contributed by atoms with Crippen LogP contribution in [0.4, 0.5) is 10.2 Å². The van der Waals surface area contributed by atoms with E-state index >= 15 is 4.39 Å². The molecule has 0 radical (unpaired) electrons. The number of phosphoric acid groups is 1. The third kappa shape index (κ3) is 10.3. The van der Waals surface area contributed by atoms with Crippen LogP contribution in [0.3, 0.4) is 0 Å². The molecule has 0 spiro atoms. The number of alkyl halides is 2. The summed E-state index contributed by atoms with van der Waals surface area (Å²) in [7, 11) is -4.81. The molecule has 1 aromatic carbocycles. The SMILES string of the molecule is CC(C)(C)CC(C)(C)OCC(COP(=O)(O)OC[C@@]1(CCl)O[C@@H](n2ccc(N)nc2=O)[C@H](F)[C@@H]1O)OCc1ccccc1. The van der Waals surface area contributed by atoms with E-state index in [9.17, 15) is 19.4 Å². The Morgan fingerprint density at radius 1 is 1.19 bits per heavy atom. The van der Waals surface area contributed by atoms with Gasteiger partial charge in [0.1, 0.15) is 23.6 Å². The molecule has 0 bridgehead atoms. The summed E-state index contributed by atoms with van der Waals surface area (Å²) in [5.41, 5.74) is 2.94. The van der Waals surface area contributed by atoms with Crippen molar-refractivity contribution in [2.24, 2.45) is 5.41 Å². The number of aliphatic hydroxyl groups excluding tert-OH is 1. The minimum absolute atomic E-state index is 0.00391. The molecule has 1 saturated heterocycles. The lowest BCUT2D eigenvalue weighted by Gasteiger charge is -2.34. The Kier molecular flexibility index (Phi) is 11.9. The van der Waals surface area contributed by atoms with E-state index in [-0.39, 0.29) is 31.1 Å². The molecule has 1 aromatic heterocycles. The standard InChI is InChI=1S/C28H42ClFN3O9P/c1-26(2,3)16-27(4,5)39-14-20(38-13-19-9-7-6-8-10-19)15-40-43(36,37)41-18-28(17-29)23(34)22(30)24(42-28)33-12-11-21(31)32-25(33)35/h6-12,20,22-24,34H,13-18H2,1-5H3,(H,36,37)(H2,31,32,35)/t20?,22-,23+,24-,28-/m1/s1. The average Bonchev–Trinajstić information content (AvgIpc) is 3.16. The Morgan fingerprint density at radius 2 is 1.86 bits per heavy atom. The first-order valence-corrected chi connectivity index (χ1v) is 15.8. The van der Waals surface area contributed by atoms with Crippen LogP contribution in [0.2, 0.25) is 0 Å². The number of aliphatic hydroxyl groups is 1. The van der Waals surface area contributed by atoms with Gasteiger partial charge in [-0.05, 0) is 37.3 Å². The Labute approximate surface area is 255 Å². The fraction of sp³-hybridized carbons (Fsp3) is 0.643. The number of benzene rings is 1. The summed E-state index contributed by atoms with van der Waals surface area (Å²) in [5.74, 6) is -0.628. The molecule has 2 heterocycles. The number of hydrogen-bond donors (Lipinski definition) is 3. The molecule has 2 aromatic rings. The number of ether oxygens (including phenoxy) is 3. The zero-order valence-electron chi connectivity index (χ0n) is 25.0. The van der Waals surface area contributed by atoms with E-state index in [1.165, 1.54) is 6.07 Å². The van der Waals surface area contributed by atoms with Crippen molar-refractivity contribution in [2.45, 2.75) is 83.5 Å². The molecule has 0 saturated carbocycles. The first-order chi connectivity index (χ1) is 20.0. The highest BCUT2D eigenvalue weighted by atomic mass is 35.5. The zero-order chi connectivity index (χ0) is 32.1. The monoisotopic (exact) mass is 649 g/mol. The number of nitrogens with two attached hydrogens (primary N) is 1. The van der Waals surface area contributed by atoms with Gasteiger partial charge in [-0.3, -0.25) is 13.6 Å². The lowest BCUT2D eigenvalue weighted by molar-refractivity contribution is -0.119. The maximum absolute atomic E-state index is 15.1. The van der Waals surface area contributed by atoms with Crippen molar-refractivity contribution >= 4 is 25.2 Å². The molecular formula is C28H42ClFN3O9P. The normalized spacial score (nSPS) is 25.0. The molecule has 0 amide bonds. The molecule has 1 aliphatic rings. The molecule has 4 N–H and O–H groups in total. The van der Waals surface area contributed by atoms with Crippen LogP contribution in [0.5, 0.6) is 0 Å². The van der Waals surface area contributed by atoms with Gasteiger partial charge in [-0.1, -0.05) is 51.1 Å². The summed E-state index contributed by atoms with van der Waals surface area (Å²) in [6.45, 7) is 9.23. The Morgan fingerprint density at radius 3 is 2.47 bits per heavy atom. The molecule has 1 fully saturated rings. The molecule has 242 valence electrons. The second-order valence-electron chi connectivity index (χ2n) is 12.4. The number of hydrogen-bond acceptors (Lipinski definition) is 10. The van der Waals surface area contributed by atoms with Gasteiger partial charge in [-0.2, -0.15) is 4.98 Å². The Bertz CT molecular complexity index is 1300. The smallest absolute Gasteiger partial charge is 0.387 e. The van der Waals surface area contributed by atoms with E-state index in [0.717, 1.165) is 22.7 Å². The summed E-state index contributed by atoms with van der Waals surface area (Å²) in [4.78, 5) is 26.2. The number of nitrogens with zero attached hydrogens (tertiary/aromatic N) is 2. The van der Waals surface area contributed by atoms with Crippen molar-refractivity contribution in [1.29, 1.82) is 0 Å². The van der Waals surface area contributed by atoms with Gasteiger partial charge in [-0.15, -0.1) is 11.6 Å². The molecule has 0 aliphatic carbocycles. The minimum atomic E-state index is -4.81. The van der Waals surface area contributed by atoms with E-state index in [4.69, 9.17) is 40.6 Å². The van der Waals surface area contributed by atoms with Crippen LogP contribution in [-0.4, -0.2) is 74.8 Å². The summed E-state index contributed by atoms with van der Waals surface area (Å²) in [6.07, 6.45) is -4.56. The van der Waals surface area contributed by atoms with Gasteiger partial charge in [0.15, 0.2) is 12.4 Å². The fourth-order valence-corrected chi connectivity index (χ4v) is 6.01. The molecule has 2 unspecified atom stereocenters. The number of anilines is 1. The van der Waals surface area contributed by atoms with Gasteiger partial charge in [0, 0.05) is 6.20 Å². The minimum Gasteiger partial charge on any atom is -0.387 e. The number of rotatable bonds is 15. The van der Waals surface area contributed by atoms with Crippen LogP contribution in [0.25, 0.3) is 0 Å². The summed E-state index contributed by atoms with van der Waals surface area (Å²) in [5, 5.41) is 10.6. The van der Waals surface area contributed by atoms with Gasteiger partial charge in [0.2, 0.25) is 0 Å². The van der Waals surface area contributed by atoms with Crippen molar-refractivity contribution in [2.75, 3.05) is 31.4 Å². The Hall–Kier alpha value is -1.93. The largest absolute Gasteiger partial charge is 0.472 e. The van der Waals surface area contributed by atoms with Crippen LogP contribution >= 0.6 is 19.4 Å². The van der Waals surface area contributed by atoms with Gasteiger partial charge in [0.25, 0.3) is 0 Å². The second-order valence-corrected chi connectivity index (χ2v) is 14.1. The molecule has 12 nitrogen and oxygen atoms in total. The van der Waals surface area contributed by atoms with Crippen molar-refractivity contribution in [1.82, 2.24) is 9.55 Å². The van der Waals surface area contributed by atoms with Crippen LogP contribution in [-0.2, 0) is 34.4 Å². The van der Waals surface area contributed by atoms with Gasteiger partial charge in [-0.25, -0.2) is 13.8 Å². The topological polar surface area (TPSA) is 165 Å². The number of nitrogen functional groups attached to an aromatic ring is 1. The second kappa shape index (κ2) is 14.4. The van der Waals surface area contributed by atoms with Gasteiger partial charge in [0.05, 0.1) is 37.9 Å². The maximum atomic E-state index is 15.1. The highest BCUT2D eigenvalue weighted by Gasteiger charge is 2.57. The number of halogens is 2. The van der Waals surface area contributed by atoms with Crippen molar-refractivity contribution in [3.63, 3.8) is 0 Å². The van der Waals surface area contributed by atoms with E-state index in [2.05, 4.69) is 25.8 Å². The molecule has 15 heteroatoms. The van der Waals surface area contributed by atoms with Crippen molar-refractivity contribution < 1.29 is 42.2 Å². The first kappa shape index (κ1) is 35.5. The van der Waals surface area contributed by atoms with Crippen LogP contribution in [0, 0.1) is 5.41 Å². The third-order valence-electron chi connectivity index (χ3n) is 6.66. The molecule has 6 atom stereocenters. The highest BCUT2D eigenvalue weighted by molar-refractivity contribution is 7.47. The number of phosphoric ester groups is 1. The molecule has 3 rings (SSSR count). The number of aromatic nitrogens is 2. The molecule has 43 heavy (non-hydrogen) atoms. The van der Waals surface area contributed by atoms with Crippen LogP contribution < -0.4 is 11.4 Å². The molecular weight excluding hydrogens is 608 g/mol. The summed E-state index contributed by atoms with van der Waals surface area (Å²) >= 11 is 6.02. The Balaban J connectivity index is 1.66. The third-order valence-corrected chi connectivity index (χ3v) is 8.04. The van der Waals surface area contributed by atoms with Crippen molar-refractivity contribution in [3.8, 4) is 0 Å². The van der Waals surface area contributed by atoms with E-state index in [0.29, 0.717) is 0 Å². The molecule has 1 aliphatic heterocycles. The summed E-state index contributed by atoms with van der Waals surface area (Å²) in [6, 6.07) is 10.6. The quantitative estimate of drug-likeness (QED) is 0.189. The predicted octanol–water partition coefficient (Wildman–Crippen LogP) is 3.98. The maximum Gasteiger partial charge on any atom is 0.472 e. The lowest BCUT2D eigenvalue weighted by atomic mass is 9.83. The van der Waals surface area contributed by atoms with E-state index < -0.39 is 61.8 Å². The van der Waals surface area contributed by atoms with E-state index in [1.807, 2.05) is 44.2 Å². The van der Waals surface area contributed by atoms with Crippen molar-refractivity contribution in [3.05, 3.63) is 58.6 Å². The fourth-order valence-electron chi connectivity index (χ4n) is 4.90. The zero-order valence-corrected chi connectivity index (χ0v) is 26.7. The first-order valence-electron chi connectivity index (χ1n) is 13.8. The average molecular weight is 650 g/mol. The van der Waals surface area contributed by atoms with Gasteiger partial charge < -0.3 is 29.9 Å². The highest BCUT2D eigenvalue weighted by Crippen LogP contribution is 2.47. The van der Waals surface area contributed by atoms with Crippen LogP contribution in [0.1, 0.15) is 52.8 Å². The van der Waals surface area contributed by atoms with Gasteiger partial charge >= 0.3 is 13.5 Å².